The molecule has 2 aromatic rings. The van der Waals surface area contributed by atoms with Crippen LogP contribution in [0, 0.1) is 0 Å². The van der Waals surface area contributed by atoms with Gasteiger partial charge in [-0.05, 0) is 43.7 Å². The molecule has 1 heterocycles. The Hall–Kier alpha value is -1.88. The molecule has 0 saturated heterocycles. The van der Waals surface area contributed by atoms with E-state index in [0.29, 0.717) is 5.75 Å². The first-order valence-electron chi connectivity index (χ1n) is 6.69. The van der Waals surface area contributed by atoms with Gasteiger partial charge in [-0.2, -0.15) is 0 Å². The molecule has 0 saturated carbocycles. The summed E-state index contributed by atoms with van der Waals surface area (Å²) in [5.74, 6) is 0.493. The molecule has 110 valence electrons. The average Bonchev–Trinajstić information content (AvgIpc) is 2.48. The van der Waals surface area contributed by atoms with Gasteiger partial charge in [-0.1, -0.05) is 28.1 Å². The van der Waals surface area contributed by atoms with Crippen LogP contribution in [0.1, 0.15) is 25.5 Å². The van der Waals surface area contributed by atoms with Crippen molar-refractivity contribution < 1.29 is 9.53 Å². The van der Waals surface area contributed by atoms with Crippen molar-refractivity contribution in [3.8, 4) is 5.75 Å². The van der Waals surface area contributed by atoms with Gasteiger partial charge in [0.1, 0.15) is 5.75 Å². The number of nitrogens with zero attached hydrogens (tertiary/aromatic N) is 1. The smallest absolute Gasteiger partial charge is 0.261 e. The van der Waals surface area contributed by atoms with Gasteiger partial charge >= 0.3 is 0 Å². The molecule has 21 heavy (non-hydrogen) atoms. The summed E-state index contributed by atoms with van der Waals surface area (Å²) < 4.78 is 6.55. The van der Waals surface area contributed by atoms with E-state index in [1.807, 2.05) is 43.3 Å². The second-order valence-electron chi connectivity index (χ2n) is 4.73. The van der Waals surface area contributed by atoms with Crippen LogP contribution >= 0.6 is 15.9 Å². The average molecular weight is 349 g/mol. The predicted octanol–water partition coefficient (Wildman–Crippen LogP) is 3.49. The van der Waals surface area contributed by atoms with E-state index in [1.54, 1.807) is 19.3 Å². The maximum atomic E-state index is 12.1. The maximum absolute atomic E-state index is 12.1. The molecule has 0 fully saturated rings. The number of hydrogen-bond donors (Lipinski definition) is 1. The van der Waals surface area contributed by atoms with E-state index in [2.05, 4.69) is 26.2 Å². The molecule has 1 amide bonds. The molecular weight excluding hydrogens is 332 g/mol. The van der Waals surface area contributed by atoms with E-state index in [-0.39, 0.29) is 11.9 Å². The lowest BCUT2D eigenvalue weighted by molar-refractivity contribution is -0.127. The minimum Gasteiger partial charge on any atom is -0.481 e. The molecule has 1 aromatic heterocycles. The summed E-state index contributed by atoms with van der Waals surface area (Å²) >= 11 is 3.37. The number of halogens is 1. The summed E-state index contributed by atoms with van der Waals surface area (Å²) in [5.41, 5.74) is 0.959. The molecule has 0 aliphatic carbocycles. The third kappa shape index (κ3) is 4.56. The van der Waals surface area contributed by atoms with Crippen molar-refractivity contribution in [2.75, 3.05) is 0 Å². The lowest BCUT2D eigenvalue weighted by atomic mass is 10.1. The summed E-state index contributed by atoms with van der Waals surface area (Å²) in [7, 11) is 0. The standard InChI is InChI=1S/C16H17BrN2O2/c1-11(13-5-4-8-18-10-13)19-16(20)12(2)21-15-7-3-6-14(17)9-15/h3-12H,1-2H3,(H,19,20)/t11-,12-/m0/s1. The van der Waals surface area contributed by atoms with Gasteiger partial charge in [-0.25, -0.2) is 0 Å². The van der Waals surface area contributed by atoms with Crippen molar-refractivity contribution in [3.05, 3.63) is 58.8 Å². The number of hydrogen-bond acceptors (Lipinski definition) is 3. The van der Waals surface area contributed by atoms with Crippen molar-refractivity contribution in [1.29, 1.82) is 0 Å². The van der Waals surface area contributed by atoms with Gasteiger partial charge in [0, 0.05) is 16.9 Å². The van der Waals surface area contributed by atoms with E-state index >= 15 is 0 Å². The van der Waals surface area contributed by atoms with Crippen LogP contribution in [-0.2, 0) is 4.79 Å². The minimum atomic E-state index is -0.571. The van der Waals surface area contributed by atoms with Crippen molar-refractivity contribution >= 4 is 21.8 Å². The number of aromatic nitrogens is 1. The van der Waals surface area contributed by atoms with E-state index in [4.69, 9.17) is 4.74 Å². The molecule has 0 aliphatic rings. The first-order chi connectivity index (χ1) is 10.1. The van der Waals surface area contributed by atoms with Gasteiger partial charge in [0.05, 0.1) is 6.04 Å². The van der Waals surface area contributed by atoms with Crippen LogP contribution in [0.3, 0.4) is 0 Å². The fourth-order valence-electron chi connectivity index (χ4n) is 1.84. The number of rotatable bonds is 5. The molecule has 2 atom stereocenters. The van der Waals surface area contributed by atoms with Crippen molar-refractivity contribution in [2.45, 2.75) is 26.0 Å². The van der Waals surface area contributed by atoms with Gasteiger partial charge in [-0.3, -0.25) is 9.78 Å². The highest BCUT2D eigenvalue weighted by atomic mass is 79.9. The Labute approximate surface area is 132 Å². The van der Waals surface area contributed by atoms with Gasteiger partial charge in [0.25, 0.3) is 5.91 Å². The van der Waals surface area contributed by atoms with E-state index < -0.39 is 6.10 Å². The molecule has 0 aliphatic heterocycles. The summed E-state index contributed by atoms with van der Waals surface area (Å²) in [6, 6.07) is 11.1. The van der Waals surface area contributed by atoms with Crippen LogP contribution in [0.2, 0.25) is 0 Å². The van der Waals surface area contributed by atoms with Gasteiger partial charge < -0.3 is 10.1 Å². The normalized spacial score (nSPS) is 13.3. The third-order valence-electron chi connectivity index (χ3n) is 3.02. The van der Waals surface area contributed by atoms with Crippen LogP contribution in [0.25, 0.3) is 0 Å². The van der Waals surface area contributed by atoms with E-state index in [9.17, 15) is 4.79 Å². The Balaban J connectivity index is 1.94. The molecule has 0 spiro atoms. The van der Waals surface area contributed by atoms with Crippen molar-refractivity contribution in [1.82, 2.24) is 10.3 Å². The third-order valence-corrected chi connectivity index (χ3v) is 3.51. The molecule has 0 radical (unpaired) electrons. The summed E-state index contributed by atoms with van der Waals surface area (Å²) in [6.07, 6.45) is 2.88. The molecular formula is C16H17BrN2O2. The summed E-state index contributed by atoms with van der Waals surface area (Å²) in [4.78, 5) is 16.2. The topological polar surface area (TPSA) is 51.2 Å². The number of amides is 1. The molecule has 1 aromatic carbocycles. The molecule has 0 bridgehead atoms. The Morgan fingerprint density at radius 2 is 2.10 bits per heavy atom. The fraction of sp³-hybridized carbons (Fsp3) is 0.250. The monoisotopic (exact) mass is 348 g/mol. The molecule has 5 heteroatoms. The Bertz CT molecular complexity index is 604. The quantitative estimate of drug-likeness (QED) is 0.899. The zero-order chi connectivity index (χ0) is 15.2. The lowest BCUT2D eigenvalue weighted by Gasteiger charge is -2.18. The summed E-state index contributed by atoms with van der Waals surface area (Å²) in [5, 5.41) is 2.92. The van der Waals surface area contributed by atoms with Gasteiger partial charge in [0.15, 0.2) is 6.10 Å². The van der Waals surface area contributed by atoms with E-state index in [0.717, 1.165) is 10.0 Å². The predicted molar refractivity (Wildman–Crippen MR) is 85.0 cm³/mol. The lowest BCUT2D eigenvalue weighted by Crippen LogP contribution is -2.37. The van der Waals surface area contributed by atoms with Crippen LogP contribution < -0.4 is 10.1 Å². The second-order valence-corrected chi connectivity index (χ2v) is 5.65. The van der Waals surface area contributed by atoms with Gasteiger partial charge in [0.2, 0.25) is 0 Å². The number of carbonyl (C=O) groups is 1. The van der Waals surface area contributed by atoms with E-state index in [1.165, 1.54) is 0 Å². The van der Waals surface area contributed by atoms with Crippen LogP contribution in [-0.4, -0.2) is 17.0 Å². The second kappa shape index (κ2) is 7.22. The van der Waals surface area contributed by atoms with Crippen LogP contribution in [0.15, 0.2) is 53.3 Å². The molecule has 2 rings (SSSR count). The van der Waals surface area contributed by atoms with Crippen LogP contribution in [0.5, 0.6) is 5.75 Å². The number of carbonyl (C=O) groups excluding carboxylic acids is 1. The number of benzene rings is 1. The molecule has 1 N–H and O–H groups in total. The Morgan fingerprint density at radius 1 is 1.29 bits per heavy atom. The zero-order valence-electron chi connectivity index (χ0n) is 11.9. The first kappa shape index (κ1) is 15.5. The van der Waals surface area contributed by atoms with Crippen molar-refractivity contribution in [3.63, 3.8) is 0 Å². The summed E-state index contributed by atoms with van der Waals surface area (Å²) in [6.45, 7) is 3.65. The SMILES string of the molecule is C[C@H](Oc1cccc(Br)c1)C(=O)N[C@@H](C)c1cccnc1. The molecule has 0 unspecified atom stereocenters. The highest BCUT2D eigenvalue weighted by molar-refractivity contribution is 9.10. The number of nitrogens with one attached hydrogen (secondary N) is 1. The highest BCUT2D eigenvalue weighted by Crippen LogP contribution is 2.19. The minimum absolute atomic E-state index is 0.111. The Morgan fingerprint density at radius 3 is 2.76 bits per heavy atom. The molecule has 4 nitrogen and oxygen atoms in total. The fourth-order valence-corrected chi connectivity index (χ4v) is 2.22. The largest absolute Gasteiger partial charge is 0.481 e. The van der Waals surface area contributed by atoms with Crippen molar-refractivity contribution in [2.24, 2.45) is 0 Å². The van der Waals surface area contributed by atoms with Crippen LogP contribution in [0.4, 0.5) is 0 Å². The first-order valence-corrected chi connectivity index (χ1v) is 7.48. The maximum Gasteiger partial charge on any atom is 0.261 e. The number of pyridine rings is 1. The number of ether oxygens (including phenoxy) is 1. The Kier molecular flexibility index (Phi) is 5.33. The van der Waals surface area contributed by atoms with Gasteiger partial charge in [-0.15, -0.1) is 0 Å². The zero-order valence-corrected chi connectivity index (χ0v) is 13.5. The highest BCUT2D eigenvalue weighted by Gasteiger charge is 2.17.